The van der Waals surface area contributed by atoms with E-state index in [1.807, 2.05) is 56.3 Å². The van der Waals surface area contributed by atoms with Gasteiger partial charge in [-0.3, -0.25) is 0 Å². The third-order valence-electron chi connectivity index (χ3n) is 3.75. The maximum absolute atomic E-state index is 6.29. The summed E-state index contributed by atoms with van der Waals surface area (Å²) >= 11 is 6.29. The van der Waals surface area contributed by atoms with Crippen molar-refractivity contribution in [1.82, 2.24) is 9.71 Å². The molecule has 0 atom stereocenters. The largest absolute Gasteiger partial charge is 0.412 e. The third-order valence-corrected chi connectivity index (χ3v) is 4.08. The number of nitrogens with zero attached hydrogens (tertiary/aromatic N) is 3. The van der Waals surface area contributed by atoms with Gasteiger partial charge in [0.15, 0.2) is 0 Å². The quantitative estimate of drug-likeness (QED) is 0.473. The molecule has 2 aromatic carbocycles. The Labute approximate surface area is 151 Å². The van der Waals surface area contributed by atoms with Gasteiger partial charge in [0.25, 0.3) is 0 Å². The zero-order valence-electron chi connectivity index (χ0n) is 14.3. The van der Waals surface area contributed by atoms with E-state index in [1.165, 1.54) is 0 Å². The normalized spacial score (nSPS) is 11.3. The second-order valence-corrected chi connectivity index (χ2v) is 5.94. The molecule has 3 aromatic rings. The van der Waals surface area contributed by atoms with E-state index < -0.39 is 0 Å². The highest BCUT2D eigenvalue weighted by molar-refractivity contribution is 6.33. The highest BCUT2D eigenvalue weighted by atomic mass is 35.5. The molecule has 0 amide bonds. The van der Waals surface area contributed by atoms with Crippen LogP contribution in [0.4, 0.5) is 0 Å². The molecule has 0 aliphatic rings. The molecule has 130 valence electrons. The van der Waals surface area contributed by atoms with Crippen molar-refractivity contribution in [2.24, 2.45) is 5.16 Å². The molecule has 3 rings (SSSR count). The third kappa shape index (κ3) is 4.12. The molecule has 1 heterocycles. The van der Waals surface area contributed by atoms with Crippen molar-refractivity contribution in [3.8, 4) is 0 Å². The molecule has 0 saturated carbocycles. The minimum atomic E-state index is 0.532. The van der Waals surface area contributed by atoms with E-state index in [9.17, 15) is 0 Å². The Kier molecular flexibility index (Phi) is 5.56. The van der Waals surface area contributed by atoms with Gasteiger partial charge in [-0.2, -0.15) is 4.73 Å². The van der Waals surface area contributed by atoms with E-state index >= 15 is 0 Å². The standard InChI is InChI=1S/C19H20ClN3O2/c1-3-24-21-13-16-9-8-15(12-17(16)20)10-11-25-23-14(2)22-18-6-4-5-7-19(18)23/h4-9,12-13H,3,10-11H2,1-2H3/b21-13+. The molecule has 0 spiro atoms. The van der Waals surface area contributed by atoms with E-state index in [0.29, 0.717) is 18.2 Å². The molecular formula is C19H20ClN3O2. The molecule has 25 heavy (non-hydrogen) atoms. The van der Waals surface area contributed by atoms with Crippen molar-refractivity contribution >= 4 is 28.8 Å². The smallest absolute Gasteiger partial charge is 0.143 e. The van der Waals surface area contributed by atoms with Crippen molar-refractivity contribution < 1.29 is 9.68 Å². The van der Waals surface area contributed by atoms with E-state index in [2.05, 4.69) is 10.1 Å². The van der Waals surface area contributed by atoms with Crippen LogP contribution in [0.3, 0.4) is 0 Å². The zero-order chi connectivity index (χ0) is 17.6. The first-order valence-electron chi connectivity index (χ1n) is 8.20. The summed E-state index contributed by atoms with van der Waals surface area (Å²) in [7, 11) is 0. The molecule has 6 heteroatoms. The van der Waals surface area contributed by atoms with E-state index in [0.717, 1.165) is 34.4 Å². The van der Waals surface area contributed by atoms with Crippen LogP contribution in [0.1, 0.15) is 23.9 Å². The number of halogens is 1. The number of hydrogen-bond donors (Lipinski definition) is 0. The predicted octanol–water partition coefficient (Wildman–Crippen LogP) is 4.04. The van der Waals surface area contributed by atoms with Crippen LogP contribution in [0.25, 0.3) is 11.0 Å². The number of oxime groups is 1. The molecule has 0 aliphatic heterocycles. The monoisotopic (exact) mass is 357 g/mol. The second kappa shape index (κ2) is 8.03. The van der Waals surface area contributed by atoms with Crippen molar-refractivity contribution in [3.63, 3.8) is 0 Å². The summed E-state index contributed by atoms with van der Waals surface area (Å²) in [4.78, 5) is 15.4. The Morgan fingerprint density at radius 2 is 2.08 bits per heavy atom. The number of imidazole rings is 1. The van der Waals surface area contributed by atoms with Crippen LogP contribution in [0.15, 0.2) is 47.6 Å². The average molecular weight is 358 g/mol. The van der Waals surface area contributed by atoms with Crippen LogP contribution >= 0.6 is 11.6 Å². The molecule has 0 bridgehead atoms. The van der Waals surface area contributed by atoms with E-state index in [4.69, 9.17) is 21.3 Å². The van der Waals surface area contributed by atoms with Crippen LogP contribution in [-0.4, -0.2) is 29.1 Å². The predicted molar refractivity (Wildman–Crippen MR) is 100 cm³/mol. The highest BCUT2D eigenvalue weighted by Crippen LogP contribution is 2.17. The van der Waals surface area contributed by atoms with Gasteiger partial charge in [-0.05, 0) is 37.6 Å². The molecule has 0 fully saturated rings. The minimum Gasteiger partial charge on any atom is -0.412 e. The molecular weight excluding hydrogens is 338 g/mol. The van der Waals surface area contributed by atoms with Crippen LogP contribution in [0.5, 0.6) is 0 Å². The molecule has 0 N–H and O–H groups in total. The number of benzene rings is 2. The van der Waals surface area contributed by atoms with Gasteiger partial charge < -0.3 is 9.68 Å². The molecule has 0 saturated heterocycles. The SMILES string of the molecule is CCO/N=C/c1ccc(CCOn2c(C)nc3ccccc32)cc1Cl. The Hall–Kier alpha value is -2.53. The van der Waals surface area contributed by atoms with Crippen molar-refractivity contribution in [2.75, 3.05) is 13.2 Å². The molecule has 0 radical (unpaired) electrons. The maximum atomic E-state index is 6.29. The second-order valence-electron chi connectivity index (χ2n) is 5.53. The van der Waals surface area contributed by atoms with E-state index in [1.54, 1.807) is 10.9 Å². The van der Waals surface area contributed by atoms with Crippen molar-refractivity contribution in [3.05, 3.63) is 64.4 Å². The lowest BCUT2D eigenvalue weighted by Crippen LogP contribution is -2.15. The lowest BCUT2D eigenvalue weighted by molar-refractivity contribution is 0.117. The van der Waals surface area contributed by atoms with Gasteiger partial charge in [-0.1, -0.05) is 41.0 Å². The summed E-state index contributed by atoms with van der Waals surface area (Å²) in [5, 5.41) is 4.48. The van der Waals surface area contributed by atoms with Crippen LogP contribution in [0.2, 0.25) is 5.02 Å². The number of aromatic nitrogens is 2. The van der Waals surface area contributed by atoms with Crippen molar-refractivity contribution in [2.45, 2.75) is 20.3 Å². The topological polar surface area (TPSA) is 48.6 Å². The van der Waals surface area contributed by atoms with Crippen LogP contribution in [-0.2, 0) is 11.3 Å². The maximum Gasteiger partial charge on any atom is 0.143 e. The van der Waals surface area contributed by atoms with Gasteiger partial charge in [-0.15, -0.1) is 0 Å². The lowest BCUT2D eigenvalue weighted by atomic mass is 10.1. The number of rotatable bonds is 7. The van der Waals surface area contributed by atoms with Gasteiger partial charge in [0.2, 0.25) is 0 Å². The summed E-state index contributed by atoms with van der Waals surface area (Å²) in [6.45, 7) is 4.88. The number of hydrogen-bond acceptors (Lipinski definition) is 4. The summed E-state index contributed by atoms with van der Waals surface area (Å²) < 4.78 is 1.78. The molecule has 0 unspecified atom stereocenters. The number of aryl methyl sites for hydroxylation is 1. The van der Waals surface area contributed by atoms with Crippen molar-refractivity contribution in [1.29, 1.82) is 0 Å². The highest BCUT2D eigenvalue weighted by Gasteiger charge is 2.07. The molecule has 0 aliphatic carbocycles. The van der Waals surface area contributed by atoms with Gasteiger partial charge in [-0.25, -0.2) is 4.98 Å². The van der Waals surface area contributed by atoms with Gasteiger partial charge in [0.1, 0.15) is 24.6 Å². The summed E-state index contributed by atoms with van der Waals surface area (Å²) in [5.41, 5.74) is 3.83. The Balaban J connectivity index is 1.64. The summed E-state index contributed by atoms with van der Waals surface area (Å²) in [6.07, 6.45) is 2.36. The first-order valence-corrected chi connectivity index (χ1v) is 8.58. The fraction of sp³-hybridized carbons (Fsp3) is 0.263. The van der Waals surface area contributed by atoms with Crippen LogP contribution in [0, 0.1) is 6.92 Å². The van der Waals surface area contributed by atoms with E-state index in [-0.39, 0.29) is 0 Å². The fourth-order valence-electron chi connectivity index (χ4n) is 2.54. The van der Waals surface area contributed by atoms with Crippen LogP contribution < -0.4 is 4.84 Å². The number of para-hydroxylation sites is 2. The van der Waals surface area contributed by atoms with Gasteiger partial charge in [0.05, 0.1) is 11.7 Å². The first-order chi connectivity index (χ1) is 12.2. The Bertz CT molecular complexity index is 890. The fourth-order valence-corrected chi connectivity index (χ4v) is 2.79. The Morgan fingerprint density at radius 1 is 1.24 bits per heavy atom. The minimum absolute atomic E-state index is 0.532. The molecule has 5 nitrogen and oxygen atoms in total. The Morgan fingerprint density at radius 3 is 2.88 bits per heavy atom. The zero-order valence-corrected chi connectivity index (χ0v) is 15.0. The summed E-state index contributed by atoms with van der Waals surface area (Å²) in [5.74, 6) is 0.835. The molecule has 1 aromatic heterocycles. The van der Waals surface area contributed by atoms with Gasteiger partial charge >= 0.3 is 0 Å². The number of fused-ring (bicyclic) bond motifs is 1. The summed E-state index contributed by atoms with van der Waals surface area (Å²) in [6, 6.07) is 13.8. The lowest BCUT2D eigenvalue weighted by Gasteiger charge is -2.10. The first kappa shape index (κ1) is 17.3. The van der Waals surface area contributed by atoms with Gasteiger partial charge in [0, 0.05) is 17.0 Å². The average Bonchev–Trinajstić information content (AvgIpc) is 2.93.